The van der Waals surface area contributed by atoms with E-state index in [1.807, 2.05) is 4.68 Å². The van der Waals surface area contributed by atoms with Gasteiger partial charge in [-0.15, -0.1) is 0 Å². The van der Waals surface area contributed by atoms with E-state index in [0.717, 1.165) is 18.8 Å². The van der Waals surface area contributed by atoms with Crippen LogP contribution in [0.4, 0.5) is 0 Å². The SMILES string of the molecule is CN(C)CCn1ncc(Cl)c1C(N)C1C(C)(C)C1(C)C. The highest BCUT2D eigenvalue weighted by Gasteiger charge is 2.67. The van der Waals surface area contributed by atoms with Crippen LogP contribution in [0.5, 0.6) is 0 Å². The van der Waals surface area contributed by atoms with E-state index in [2.05, 4.69) is 51.8 Å². The van der Waals surface area contributed by atoms with Gasteiger partial charge in [-0.25, -0.2) is 0 Å². The number of halogens is 1. The number of hydrogen-bond acceptors (Lipinski definition) is 3. The zero-order chi connectivity index (χ0) is 15.3. The van der Waals surface area contributed by atoms with Gasteiger partial charge < -0.3 is 10.6 Å². The van der Waals surface area contributed by atoms with Gasteiger partial charge in [-0.1, -0.05) is 39.3 Å². The molecule has 2 N–H and O–H groups in total. The molecular formula is C15H27ClN4. The fourth-order valence-electron chi connectivity index (χ4n) is 3.48. The molecule has 0 saturated heterocycles. The van der Waals surface area contributed by atoms with Gasteiger partial charge in [0.1, 0.15) is 0 Å². The van der Waals surface area contributed by atoms with E-state index in [-0.39, 0.29) is 16.9 Å². The molecule has 1 fully saturated rings. The molecule has 1 aliphatic carbocycles. The minimum atomic E-state index is -0.0582. The molecule has 1 saturated carbocycles. The van der Waals surface area contributed by atoms with Gasteiger partial charge in [0, 0.05) is 6.54 Å². The third-order valence-electron chi connectivity index (χ3n) is 5.40. The van der Waals surface area contributed by atoms with Crippen LogP contribution in [0, 0.1) is 16.7 Å². The molecule has 1 heterocycles. The third kappa shape index (κ3) is 2.38. The van der Waals surface area contributed by atoms with Crippen LogP contribution in [0.25, 0.3) is 0 Å². The summed E-state index contributed by atoms with van der Waals surface area (Å²) in [5, 5.41) is 5.08. The second kappa shape index (κ2) is 5.00. The summed E-state index contributed by atoms with van der Waals surface area (Å²) in [5.41, 5.74) is 8.01. The van der Waals surface area contributed by atoms with Crippen molar-refractivity contribution in [2.75, 3.05) is 20.6 Å². The molecule has 114 valence electrons. The molecule has 1 aromatic rings. The summed E-state index contributed by atoms with van der Waals surface area (Å²) in [4.78, 5) is 2.13. The lowest BCUT2D eigenvalue weighted by atomic mass is 10.0. The highest BCUT2D eigenvalue weighted by Crippen LogP contribution is 2.72. The van der Waals surface area contributed by atoms with Crippen LogP contribution in [-0.2, 0) is 6.54 Å². The van der Waals surface area contributed by atoms with Gasteiger partial charge in [0.2, 0.25) is 0 Å². The standard InChI is InChI=1S/C15H27ClN4/c1-14(2)13(15(14,3)4)11(17)12-10(16)9-18-20(12)8-7-19(5)6/h9,11,13H,7-8,17H2,1-6H3. The molecular weight excluding hydrogens is 272 g/mol. The molecule has 0 radical (unpaired) electrons. The van der Waals surface area contributed by atoms with Crippen LogP contribution in [0.3, 0.4) is 0 Å². The van der Waals surface area contributed by atoms with E-state index >= 15 is 0 Å². The zero-order valence-corrected chi connectivity index (χ0v) is 14.2. The monoisotopic (exact) mass is 298 g/mol. The largest absolute Gasteiger partial charge is 0.322 e. The van der Waals surface area contributed by atoms with Crippen molar-refractivity contribution in [2.24, 2.45) is 22.5 Å². The molecule has 5 heteroatoms. The van der Waals surface area contributed by atoms with Crippen molar-refractivity contribution in [2.45, 2.75) is 40.3 Å². The Morgan fingerprint density at radius 2 is 1.90 bits per heavy atom. The second-order valence-electron chi connectivity index (χ2n) is 7.35. The number of likely N-dealkylation sites (N-methyl/N-ethyl adjacent to an activating group) is 1. The van der Waals surface area contributed by atoms with Crippen LogP contribution in [0.1, 0.15) is 39.4 Å². The molecule has 1 aromatic heterocycles. The first kappa shape index (κ1) is 15.8. The minimum Gasteiger partial charge on any atom is -0.322 e. The Balaban J connectivity index is 2.23. The zero-order valence-electron chi connectivity index (χ0n) is 13.4. The molecule has 0 aliphatic heterocycles. The first-order valence-electron chi connectivity index (χ1n) is 7.22. The van der Waals surface area contributed by atoms with Crippen molar-refractivity contribution in [3.63, 3.8) is 0 Å². The predicted molar refractivity (Wildman–Crippen MR) is 83.8 cm³/mol. The number of hydrogen-bond donors (Lipinski definition) is 1. The summed E-state index contributed by atoms with van der Waals surface area (Å²) in [6.07, 6.45) is 1.72. The van der Waals surface area contributed by atoms with Crippen LogP contribution < -0.4 is 5.73 Å². The maximum Gasteiger partial charge on any atom is 0.0834 e. The van der Waals surface area contributed by atoms with Crippen molar-refractivity contribution in [1.82, 2.24) is 14.7 Å². The number of rotatable bonds is 5. The van der Waals surface area contributed by atoms with Gasteiger partial charge in [0.15, 0.2) is 0 Å². The van der Waals surface area contributed by atoms with Crippen molar-refractivity contribution in [1.29, 1.82) is 0 Å². The van der Waals surface area contributed by atoms with E-state index < -0.39 is 0 Å². The highest BCUT2D eigenvalue weighted by molar-refractivity contribution is 6.31. The summed E-state index contributed by atoms with van der Waals surface area (Å²) in [6.45, 7) is 10.9. The second-order valence-corrected chi connectivity index (χ2v) is 7.76. The van der Waals surface area contributed by atoms with Crippen molar-refractivity contribution >= 4 is 11.6 Å². The molecule has 20 heavy (non-hydrogen) atoms. The Labute approximate surface area is 127 Å². The Bertz CT molecular complexity index is 476. The fraction of sp³-hybridized carbons (Fsp3) is 0.800. The maximum absolute atomic E-state index is 6.55. The number of nitrogens with zero attached hydrogens (tertiary/aromatic N) is 3. The quantitative estimate of drug-likeness (QED) is 0.909. The topological polar surface area (TPSA) is 47.1 Å². The normalized spacial score (nSPS) is 22.2. The van der Waals surface area contributed by atoms with Crippen LogP contribution in [0.2, 0.25) is 5.02 Å². The van der Waals surface area contributed by atoms with Gasteiger partial charge in [-0.2, -0.15) is 5.10 Å². The highest BCUT2D eigenvalue weighted by atomic mass is 35.5. The van der Waals surface area contributed by atoms with Crippen molar-refractivity contribution in [3.8, 4) is 0 Å². The Morgan fingerprint density at radius 1 is 1.35 bits per heavy atom. The summed E-state index contributed by atoms with van der Waals surface area (Å²) >= 11 is 6.34. The lowest BCUT2D eigenvalue weighted by Gasteiger charge is -2.18. The van der Waals surface area contributed by atoms with Gasteiger partial charge in [0.25, 0.3) is 0 Å². The van der Waals surface area contributed by atoms with Crippen LogP contribution in [-0.4, -0.2) is 35.3 Å². The molecule has 1 atom stereocenters. The predicted octanol–water partition coefficient (Wildman–Crippen LogP) is 2.78. The summed E-state index contributed by atoms with van der Waals surface area (Å²) in [6, 6.07) is -0.0582. The number of aromatic nitrogens is 2. The average molecular weight is 299 g/mol. The van der Waals surface area contributed by atoms with Gasteiger partial charge >= 0.3 is 0 Å². The van der Waals surface area contributed by atoms with Crippen molar-refractivity contribution in [3.05, 3.63) is 16.9 Å². The molecule has 4 nitrogen and oxygen atoms in total. The molecule has 0 spiro atoms. The van der Waals surface area contributed by atoms with E-state index in [0.29, 0.717) is 10.9 Å². The van der Waals surface area contributed by atoms with Crippen LogP contribution >= 0.6 is 11.6 Å². The third-order valence-corrected chi connectivity index (χ3v) is 5.69. The molecule has 0 bridgehead atoms. The van der Waals surface area contributed by atoms with Crippen molar-refractivity contribution < 1.29 is 0 Å². The first-order chi connectivity index (χ1) is 9.10. The lowest BCUT2D eigenvalue weighted by Crippen LogP contribution is -2.25. The molecule has 1 unspecified atom stereocenters. The molecule has 0 aromatic carbocycles. The van der Waals surface area contributed by atoms with E-state index in [4.69, 9.17) is 17.3 Å². The molecule has 2 rings (SSSR count). The van der Waals surface area contributed by atoms with E-state index in [1.54, 1.807) is 6.20 Å². The average Bonchev–Trinajstić information content (AvgIpc) is 2.59. The fourth-order valence-corrected chi connectivity index (χ4v) is 3.75. The lowest BCUT2D eigenvalue weighted by molar-refractivity contribution is 0.360. The van der Waals surface area contributed by atoms with E-state index in [1.165, 1.54) is 0 Å². The van der Waals surface area contributed by atoms with Crippen LogP contribution in [0.15, 0.2) is 6.20 Å². The Morgan fingerprint density at radius 3 is 2.35 bits per heavy atom. The summed E-state index contributed by atoms with van der Waals surface area (Å²) in [7, 11) is 4.11. The number of nitrogens with two attached hydrogens (primary N) is 1. The Kier molecular flexibility index (Phi) is 3.95. The molecule has 1 aliphatic rings. The van der Waals surface area contributed by atoms with Gasteiger partial charge in [-0.3, -0.25) is 4.68 Å². The van der Waals surface area contributed by atoms with E-state index in [9.17, 15) is 0 Å². The summed E-state index contributed by atoms with van der Waals surface area (Å²) < 4.78 is 1.97. The minimum absolute atomic E-state index is 0.0582. The maximum atomic E-state index is 6.55. The van der Waals surface area contributed by atoms with Gasteiger partial charge in [0.05, 0.1) is 29.5 Å². The Hall–Kier alpha value is -0.580. The first-order valence-corrected chi connectivity index (χ1v) is 7.60. The summed E-state index contributed by atoms with van der Waals surface area (Å²) in [5.74, 6) is 0.433. The molecule has 0 amide bonds. The smallest absolute Gasteiger partial charge is 0.0834 e. The van der Waals surface area contributed by atoms with Gasteiger partial charge in [-0.05, 0) is 30.8 Å².